The smallest absolute Gasteiger partial charge is 0.325 e. The number of esters is 1. The second-order valence-corrected chi connectivity index (χ2v) is 5.08. The van der Waals surface area contributed by atoms with Crippen molar-refractivity contribution in [2.75, 3.05) is 13.7 Å². The summed E-state index contributed by atoms with van der Waals surface area (Å²) in [7, 11) is 1.14. The number of aliphatic hydroxyl groups is 1. The molecule has 0 aliphatic carbocycles. The Morgan fingerprint density at radius 1 is 1.33 bits per heavy atom. The molecule has 9 heteroatoms. The minimum atomic E-state index is -1.02. The molecule has 1 aromatic rings. The number of Topliss-reactive ketones (excluding diaryl/α,β-unsaturated/α-hetero) is 1. The number of nitrogens with zero attached hydrogens (tertiary/aromatic N) is 2. The maximum Gasteiger partial charge on any atom is 0.325 e. The first-order valence-electron chi connectivity index (χ1n) is 6.84. The second kappa shape index (κ2) is 6.49. The highest BCUT2D eigenvalue weighted by molar-refractivity contribution is 6.08. The lowest BCUT2D eigenvalue weighted by Crippen LogP contribution is -2.36. The van der Waals surface area contributed by atoms with E-state index in [1.165, 1.54) is 31.2 Å². The number of ketones is 1. The van der Waals surface area contributed by atoms with Gasteiger partial charge >= 0.3 is 5.97 Å². The van der Waals surface area contributed by atoms with Gasteiger partial charge in [0.2, 0.25) is 0 Å². The molecule has 0 spiro atoms. The van der Waals surface area contributed by atoms with Crippen molar-refractivity contribution in [1.82, 2.24) is 4.90 Å². The fourth-order valence-corrected chi connectivity index (χ4v) is 2.50. The van der Waals surface area contributed by atoms with Crippen LogP contribution in [0.2, 0.25) is 0 Å². The van der Waals surface area contributed by atoms with E-state index in [0.717, 1.165) is 12.0 Å². The molecule has 1 aliphatic heterocycles. The number of nitro benzene ring substituents is 1. The molecule has 0 aromatic heterocycles. The predicted octanol–water partition coefficient (Wildman–Crippen LogP) is 1.05. The van der Waals surface area contributed by atoms with Crippen LogP contribution in [-0.2, 0) is 19.1 Å². The van der Waals surface area contributed by atoms with Crippen LogP contribution in [-0.4, -0.2) is 46.2 Å². The van der Waals surface area contributed by atoms with E-state index < -0.39 is 40.9 Å². The summed E-state index contributed by atoms with van der Waals surface area (Å²) in [6, 6.07) is 4.13. The van der Waals surface area contributed by atoms with E-state index in [2.05, 4.69) is 4.74 Å². The Kier molecular flexibility index (Phi) is 4.63. The Labute approximate surface area is 136 Å². The number of carbonyl (C=O) groups excluding carboxylic acids is 3. The number of nitro groups is 1. The molecule has 0 unspecified atom stereocenters. The summed E-state index contributed by atoms with van der Waals surface area (Å²) < 4.78 is 4.52. The predicted molar refractivity (Wildman–Crippen MR) is 79.9 cm³/mol. The molecular weight excluding hydrogens is 320 g/mol. The first kappa shape index (κ1) is 17.1. The zero-order valence-corrected chi connectivity index (χ0v) is 12.9. The van der Waals surface area contributed by atoms with Gasteiger partial charge in [0.25, 0.3) is 11.6 Å². The summed E-state index contributed by atoms with van der Waals surface area (Å²) >= 11 is 0. The number of hydrogen-bond donors (Lipinski definition) is 1. The van der Waals surface area contributed by atoms with Crippen molar-refractivity contribution in [1.29, 1.82) is 0 Å². The van der Waals surface area contributed by atoms with Gasteiger partial charge < -0.3 is 14.7 Å². The van der Waals surface area contributed by atoms with Gasteiger partial charge in [0, 0.05) is 12.1 Å². The molecule has 9 nitrogen and oxygen atoms in total. The zero-order valence-electron chi connectivity index (χ0n) is 12.9. The minimum Gasteiger partial charge on any atom is -0.503 e. The molecule has 1 amide bonds. The van der Waals surface area contributed by atoms with Crippen LogP contribution in [0.4, 0.5) is 5.69 Å². The summed E-state index contributed by atoms with van der Waals surface area (Å²) in [4.78, 5) is 46.7. The summed E-state index contributed by atoms with van der Waals surface area (Å²) in [6.45, 7) is 0.705. The fourth-order valence-electron chi connectivity index (χ4n) is 2.50. The van der Waals surface area contributed by atoms with Gasteiger partial charge in [-0.3, -0.25) is 24.5 Å². The van der Waals surface area contributed by atoms with Gasteiger partial charge in [0.05, 0.1) is 23.6 Å². The van der Waals surface area contributed by atoms with Crippen LogP contribution in [0.3, 0.4) is 0 Å². The Balaban J connectivity index is 2.50. The number of carbonyl (C=O) groups is 3. The third-order valence-corrected chi connectivity index (χ3v) is 3.63. The molecule has 0 radical (unpaired) electrons. The molecule has 1 aromatic carbocycles. The molecule has 0 bridgehead atoms. The number of benzene rings is 1. The van der Waals surface area contributed by atoms with E-state index in [-0.39, 0.29) is 11.3 Å². The molecule has 126 valence electrons. The average Bonchev–Trinajstić information content (AvgIpc) is 2.79. The molecule has 24 heavy (non-hydrogen) atoms. The molecule has 0 saturated carbocycles. The third-order valence-electron chi connectivity index (χ3n) is 3.63. The maximum atomic E-state index is 12.2. The number of non-ortho nitro benzene ring substituents is 1. The fraction of sp³-hybridized carbons (Fsp3) is 0.267. The van der Waals surface area contributed by atoms with E-state index in [1.807, 2.05) is 0 Å². The number of ether oxygens (including phenoxy) is 1. The van der Waals surface area contributed by atoms with Crippen molar-refractivity contribution in [3.05, 3.63) is 51.3 Å². The largest absolute Gasteiger partial charge is 0.503 e. The topological polar surface area (TPSA) is 127 Å². The molecular formula is C15H14N2O7. The number of amides is 1. The summed E-state index contributed by atoms with van der Waals surface area (Å²) in [5.41, 5.74) is 0.0185. The molecule has 1 N–H and O–H groups in total. The first-order valence-corrected chi connectivity index (χ1v) is 6.84. The number of rotatable bonds is 5. The van der Waals surface area contributed by atoms with Crippen molar-refractivity contribution in [2.45, 2.75) is 13.0 Å². The van der Waals surface area contributed by atoms with E-state index >= 15 is 0 Å². The van der Waals surface area contributed by atoms with Crippen molar-refractivity contribution in [3.63, 3.8) is 0 Å². The van der Waals surface area contributed by atoms with Crippen LogP contribution in [0.5, 0.6) is 0 Å². The molecule has 1 atom stereocenters. The van der Waals surface area contributed by atoms with Gasteiger partial charge in [-0.1, -0.05) is 0 Å². The number of aliphatic hydroxyl groups excluding tert-OH is 1. The van der Waals surface area contributed by atoms with Crippen LogP contribution >= 0.6 is 0 Å². The van der Waals surface area contributed by atoms with Crippen molar-refractivity contribution < 1.29 is 29.2 Å². The van der Waals surface area contributed by atoms with Crippen molar-refractivity contribution >= 4 is 23.3 Å². The molecule has 2 rings (SSSR count). The van der Waals surface area contributed by atoms with Gasteiger partial charge in [-0.15, -0.1) is 0 Å². The van der Waals surface area contributed by atoms with E-state index in [1.54, 1.807) is 0 Å². The van der Waals surface area contributed by atoms with Crippen LogP contribution in [0.25, 0.3) is 0 Å². The van der Waals surface area contributed by atoms with Crippen LogP contribution in [0, 0.1) is 10.1 Å². The highest BCUT2D eigenvalue weighted by Crippen LogP contribution is 2.37. The lowest BCUT2D eigenvalue weighted by atomic mass is 9.96. The second-order valence-electron chi connectivity index (χ2n) is 5.08. The normalized spacial score (nSPS) is 17.2. The van der Waals surface area contributed by atoms with Crippen LogP contribution < -0.4 is 0 Å². The molecule has 1 aliphatic rings. The van der Waals surface area contributed by atoms with Crippen molar-refractivity contribution in [3.8, 4) is 0 Å². The van der Waals surface area contributed by atoms with Gasteiger partial charge in [-0.25, -0.2) is 0 Å². The quantitative estimate of drug-likeness (QED) is 0.484. The number of hydrogen-bond acceptors (Lipinski definition) is 7. The van der Waals surface area contributed by atoms with Gasteiger partial charge in [0.1, 0.15) is 6.54 Å². The monoisotopic (exact) mass is 334 g/mol. The lowest BCUT2D eigenvalue weighted by Gasteiger charge is -2.25. The highest BCUT2D eigenvalue weighted by Gasteiger charge is 2.43. The van der Waals surface area contributed by atoms with Crippen molar-refractivity contribution in [2.24, 2.45) is 0 Å². The Morgan fingerprint density at radius 2 is 1.92 bits per heavy atom. The zero-order chi connectivity index (χ0) is 18.0. The molecule has 0 fully saturated rings. The van der Waals surface area contributed by atoms with Gasteiger partial charge in [-0.2, -0.15) is 0 Å². The Morgan fingerprint density at radius 3 is 2.38 bits per heavy atom. The standard InChI is InChI=1S/C15H14N2O7/c1-8(18)12-13(9-3-5-10(6-4-9)17(22)23)16(7-11(19)24-2)15(21)14(12)20/h3-6,13,20H,7H2,1-2H3/t13-/m1/s1. The summed E-state index contributed by atoms with van der Waals surface area (Å²) in [5.74, 6) is -2.90. The Bertz CT molecular complexity index is 752. The average molecular weight is 334 g/mol. The number of methoxy groups -OCH3 is 1. The summed E-state index contributed by atoms with van der Waals surface area (Å²) in [6.07, 6.45) is 0. The molecule has 1 heterocycles. The maximum absolute atomic E-state index is 12.2. The van der Waals surface area contributed by atoms with E-state index in [9.17, 15) is 29.6 Å². The third kappa shape index (κ3) is 2.96. The summed E-state index contributed by atoms with van der Waals surface area (Å²) in [5, 5.41) is 20.7. The highest BCUT2D eigenvalue weighted by atomic mass is 16.6. The molecule has 0 saturated heterocycles. The van der Waals surface area contributed by atoms with Crippen LogP contribution in [0.1, 0.15) is 18.5 Å². The van der Waals surface area contributed by atoms with E-state index in [0.29, 0.717) is 5.56 Å². The van der Waals surface area contributed by atoms with Crippen LogP contribution in [0.15, 0.2) is 35.6 Å². The minimum absolute atomic E-state index is 0.167. The Hall–Kier alpha value is -3.23. The first-order chi connectivity index (χ1) is 11.3. The lowest BCUT2D eigenvalue weighted by molar-refractivity contribution is -0.384. The van der Waals surface area contributed by atoms with E-state index in [4.69, 9.17) is 0 Å². The SMILES string of the molecule is COC(=O)CN1C(=O)C(O)=C(C(C)=O)[C@H]1c1ccc([N+](=O)[O-])cc1. The van der Waals surface area contributed by atoms with Gasteiger partial charge in [0.15, 0.2) is 11.5 Å². The van der Waals surface area contributed by atoms with Gasteiger partial charge in [-0.05, 0) is 24.6 Å².